The monoisotopic (exact) mass is 733 g/mol. The number of H-pyrrole nitrogens is 1. The number of aryl methyl sites for hydroxylation is 4. The van der Waals surface area contributed by atoms with Gasteiger partial charge in [0, 0.05) is 38.8 Å². The lowest BCUT2D eigenvalue weighted by Gasteiger charge is -2.37. The zero-order chi connectivity index (χ0) is 37.5. The molecule has 4 aromatic carbocycles. The fourth-order valence-electron chi connectivity index (χ4n) is 5.85. The van der Waals surface area contributed by atoms with E-state index in [1.165, 1.54) is 5.56 Å². The Kier molecular flexibility index (Phi) is 13.6. The van der Waals surface area contributed by atoms with E-state index in [0.29, 0.717) is 11.5 Å². The summed E-state index contributed by atoms with van der Waals surface area (Å²) >= 11 is 0. The number of hydrogen-bond donors (Lipinski definition) is 2. The quantitative estimate of drug-likeness (QED) is 0.130. The molecule has 6 nitrogen and oxygen atoms in total. The molecule has 0 spiro atoms. The van der Waals surface area contributed by atoms with Crippen molar-refractivity contribution >= 4 is 30.1 Å². The Morgan fingerprint density at radius 2 is 1.36 bits per heavy atom. The maximum Gasteiger partial charge on any atom is 0.250 e. The summed E-state index contributed by atoms with van der Waals surface area (Å²) in [6.45, 7) is 15.0. The van der Waals surface area contributed by atoms with Gasteiger partial charge in [0.2, 0.25) is 0 Å². The fourth-order valence-corrected chi connectivity index (χ4v) is 6.93. The minimum absolute atomic E-state index is 0. The van der Waals surface area contributed by atoms with Crippen molar-refractivity contribution in [3.63, 3.8) is 0 Å². The first kappa shape index (κ1) is 40.8. The van der Waals surface area contributed by atoms with Gasteiger partial charge in [0.15, 0.2) is 5.43 Å². The van der Waals surface area contributed by atoms with Crippen molar-refractivity contribution in [2.75, 3.05) is 13.3 Å². The van der Waals surface area contributed by atoms with Gasteiger partial charge >= 0.3 is 0 Å². The molecule has 2 aromatic heterocycles. The second-order valence-electron chi connectivity index (χ2n) is 14.8. The number of benzene rings is 4. The Morgan fingerprint density at radius 3 is 2.00 bits per heavy atom. The van der Waals surface area contributed by atoms with Crippen molar-refractivity contribution in [1.29, 1.82) is 0 Å². The molecule has 0 atom stereocenters. The summed E-state index contributed by atoms with van der Waals surface area (Å²) < 4.78 is 24.1. The summed E-state index contributed by atoms with van der Waals surface area (Å²) in [5, 5.41) is 11.4. The third kappa shape index (κ3) is 10.1. The zero-order valence-corrected chi connectivity index (χ0v) is 32.5. The molecule has 0 amide bonds. The second kappa shape index (κ2) is 17.7. The molecule has 0 radical (unpaired) electrons. The van der Waals surface area contributed by atoms with Crippen molar-refractivity contribution in [2.24, 2.45) is 0 Å². The smallest absolute Gasteiger partial charge is 0.250 e. The number of halogens is 1. The summed E-state index contributed by atoms with van der Waals surface area (Å²) in [4.78, 5) is 20.8. The van der Waals surface area contributed by atoms with Gasteiger partial charge in [-0.15, -0.1) is 0 Å². The van der Waals surface area contributed by atoms with Gasteiger partial charge < -0.3 is 19.3 Å². The van der Waals surface area contributed by atoms with Gasteiger partial charge in [0.25, 0.3) is 8.32 Å². The Hall–Kier alpha value is -4.95. The summed E-state index contributed by atoms with van der Waals surface area (Å²) in [6.07, 6.45) is 3.30. The summed E-state index contributed by atoms with van der Waals surface area (Å²) in [5.74, 6) is 1.97. The van der Waals surface area contributed by atoms with Crippen molar-refractivity contribution in [2.45, 2.75) is 85.9 Å². The molecule has 0 fully saturated rings. The van der Waals surface area contributed by atoms with Gasteiger partial charge in [-0.2, -0.15) is 0 Å². The summed E-state index contributed by atoms with van der Waals surface area (Å²) in [5.41, 5.74) is 8.26. The number of aromatic amines is 1. The van der Waals surface area contributed by atoms with Crippen molar-refractivity contribution in [1.82, 2.24) is 9.97 Å². The van der Waals surface area contributed by atoms with E-state index in [4.69, 9.17) is 14.1 Å². The lowest BCUT2D eigenvalue weighted by atomic mass is 10.0. The van der Waals surface area contributed by atoms with Crippen LogP contribution in [0.5, 0.6) is 17.2 Å². The van der Waals surface area contributed by atoms with Gasteiger partial charge in [0.05, 0.1) is 5.52 Å². The van der Waals surface area contributed by atoms with E-state index in [1.54, 1.807) is 12.1 Å². The Bertz CT molecular complexity index is 2170. The van der Waals surface area contributed by atoms with Gasteiger partial charge in [-0.1, -0.05) is 76.7 Å². The molecule has 0 aliphatic rings. The lowest BCUT2D eigenvalue weighted by Crippen LogP contribution is -2.44. The Labute approximate surface area is 315 Å². The molecule has 0 aliphatic carbocycles. The van der Waals surface area contributed by atoms with Gasteiger partial charge in [-0.25, -0.2) is 4.39 Å². The molecule has 0 aliphatic heterocycles. The highest BCUT2D eigenvalue weighted by Crippen LogP contribution is 2.41. The molecule has 0 saturated heterocycles. The minimum atomic E-state index is -1.97. The first-order valence-corrected chi connectivity index (χ1v) is 20.9. The van der Waals surface area contributed by atoms with Crippen LogP contribution in [0.1, 0.15) is 61.8 Å². The molecule has 53 heavy (non-hydrogen) atoms. The highest BCUT2D eigenvalue weighted by Gasteiger charge is 2.39. The van der Waals surface area contributed by atoms with Crippen LogP contribution in [-0.4, -0.2) is 36.7 Å². The van der Waals surface area contributed by atoms with Crippen LogP contribution in [0.2, 0.25) is 18.1 Å². The van der Waals surface area contributed by atoms with E-state index in [0.717, 1.165) is 81.3 Å². The number of rotatable bonds is 11. The number of alkyl halides is 1. The maximum absolute atomic E-state index is 12.4. The van der Waals surface area contributed by atoms with E-state index in [2.05, 4.69) is 64.0 Å². The molecule has 0 saturated carbocycles. The second-order valence-corrected chi connectivity index (χ2v) is 19.6. The predicted molar refractivity (Wildman–Crippen MR) is 221 cm³/mol. The van der Waals surface area contributed by atoms with E-state index in [9.17, 15) is 14.3 Å². The van der Waals surface area contributed by atoms with Crippen LogP contribution < -0.4 is 14.6 Å². The van der Waals surface area contributed by atoms with Crippen LogP contribution in [0, 0.1) is 13.8 Å². The van der Waals surface area contributed by atoms with Crippen molar-refractivity contribution in [3.05, 3.63) is 141 Å². The molecule has 6 aromatic rings. The van der Waals surface area contributed by atoms with Gasteiger partial charge in [0.1, 0.15) is 30.5 Å². The molecule has 6 rings (SSSR count). The number of aromatic nitrogens is 2. The number of pyridine rings is 2. The normalized spacial score (nSPS) is 11.5. The number of ether oxygens (including phenoxy) is 1. The standard InChI is InChI=1S/C24H31NO2Si.C20H20FNO2.CH4/c1-17-21(16-13-18-11-14-19(26)15-12-18)25-22-10-8-7-9-20(22)23(17)27-28(5,6)24(2,3)4;1-14-18(22-19-5-3-2-4-17(19)20(14)23)11-8-15-6-9-16(10-7-15)24-13-12-21;/h7-12,14-15,26H,13,16H2,1-6H3;2-7,9-10H,8,11-13H2,1H3,(H,22,23);1H4/i;21-1;. The molecular formula is C45H55FN2O4Si. The molecule has 2 N–H and O–H groups in total. The van der Waals surface area contributed by atoms with Crippen molar-refractivity contribution in [3.8, 4) is 17.2 Å². The zero-order valence-electron chi connectivity index (χ0n) is 31.5. The third-order valence-electron chi connectivity index (χ3n) is 10.1. The topological polar surface area (TPSA) is 84.4 Å². The van der Waals surface area contributed by atoms with Gasteiger partial charge in [-0.05, 0) is 117 Å². The average molecular weight is 734 g/mol. The summed E-state index contributed by atoms with van der Waals surface area (Å²) in [7, 11) is -1.97. The van der Waals surface area contributed by atoms with Crippen LogP contribution in [0.4, 0.5) is 4.39 Å². The molecule has 280 valence electrons. The number of phenols is 1. The highest BCUT2D eigenvalue weighted by atomic mass is 28.4. The number of phenolic OH excluding ortho intramolecular Hbond substituents is 1. The largest absolute Gasteiger partial charge is 0.543 e. The minimum Gasteiger partial charge on any atom is -0.543 e. The molecule has 0 bridgehead atoms. The SMILES string of the molecule is C.Cc1c(CCc2ccc(O)cc2)nc2ccccc2c1O[Si](C)(C)C(C)(C)C.Cc1c(CCc2ccc(OCC[18F])cc2)[nH]c2ccccc2c1=O. The lowest BCUT2D eigenvalue weighted by molar-refractivity contribution is 0.273. The Morgan fingerprint density at radius 1 is 0.774 bits per heavy atom. The summed E-state index contributed by atoms with van der Waals surface area (Å²) in [6, 6.07) is 30.9. The number of fused-ring (bicyclic) bond motifs is 2. The van der Waals surface area contributed by atoms with Crippen LogP contribution in [0.3, 0.4) is 0 Å². The van der Waals surface area contributed by atoms with Crippen LogP contribution in [0.15, 0.2) is 102 Å². The number of nitrogens with one attached hydrogen (secondary N) is 1. The number of aromatic hydroxyl groups is 1. The third-order valence-corrected chi connectivity index (χ3v) is 14.4. The highest BCUT2D eigenvalue weighted by molar-refractivity contribution is 6.74. The Balaban J connectivity index is 0.000000235. The van der Waals surface area contributed by atoms with E-state index in [1.807, 2.05) is 73.7 Å². The van der Waals surface area contributed by atoms with E-state index < -0.39 is 15.0 Å². The molecule has 0 unspecified atom stereocenters. The average Bonchev–Trinajstić information content (AvgIpc) is 3.13. The predicted octanol–water partition coefficient (Wildman–Crippen LogP) is 11.0. The molecule has 8 heteroatoms. The first-order valence-electron chi connectivity index (χ1n) is 18.0. The first-order chi connectivity index (χ1) is 24.8. The van der Waals surface area contributed by atoms with E-state index >= 15 is 0 Å². The number of para-hydroxylation sites is 2. The van der Waals surface area contributed by atoms with Crippen LogP contribution >= 0.6 is 0 Å². The fraction of sp³-hybridized carbons (Fsp3) is 0.333. The van der Waals surface area contributed by atoms with Crippen molar-refractivity contribution < 1.29 is 18.7 Å². The van der Waals surface area contributed by atoms with E-state index in [-0.39, 0.29) is 24.5 Å². The maximum atomic E-state index is 12.4. The van der Waals surface area contributed by atoms with Crippen LogP contribution in [-0.2, 0) is 25.7 Å². The number of hydrogen-bond acceptors (Lipinski definition) is 5. The van der Waals surface area contributed by atoms with Crippen LogP contribution in [0.25, 0.3) is 21.8 Å². The van der Waals surface area contributed by atoms with Gasteiger partial charge in [-0.3, -0.25) is 9.78 Å². The number of nitrogens with zero attached hydrogens (tertiary/aromatic N) is 1. The molecular weight excluding hydrogens is 679 g/mol. The molecule has 2 heterocycles.